The third-order valence-electron chi connectivity index (χ3n) is 6.30. The van der Waals surface area contributed by atoms with Gasteiger partial charge in [-0.15, -0.1) is 11.3 Å². The molecule has 0 atom stereocenters. The van der Waals surface area contributed by atoms with Gasteiger partial charge < -0.3 is 4.90 Å². The molecule has 0 spiro atoms. The smallest absolute Gasteiger partial charge is 0.113 e. The molecule has 2 radical (unpaired) electrons. The van der Waals surface area contributed by atoms with Crippen molar-refractivity contribution in [2.24, 2.45) is 0 Å². The van der Waals surface area contributed by atoms with Gasteiger partial charge in [-0.05, 0) is 41.3 Å². The molecule has 142 valence electrons. The predicted molar refractivity (Wildman–Crippen MR) is 136 cm³/mol. The van der Waals surface area contributed by atoms with Crippen molar-refractivity contribution in [2.45, 2.75) is 0 Å². The molecular weight excluding hydrogens is 393 g/mol. The van der Waals surface area contributed by atoms with Crippen LogP contribution in [0, 0.1) is 0 Å². The van der Waals surface area contributed by atoms with E-state index in [9.17, 15) is 0 Å². The zero-order chi connectivity index (χ0) is 20.5. The molecule has 0 saturated heterocycles. The lowest BCUT2D eigenvalue weighted by atomic mass is 9.86. The molecule has 1 nitrogen and oxygen atoms in total. The standard InChI is InChI=1S/C28H16BNS/c29-18-11-14-24-23(15-18)22-8-3-5-17-6-4-9-25(28(17)22)30(24)19-12-13-21-20-7-1-2-10-26(20)31-27(21)16-19/h1-16H. The highest BCUT2D eigenvalue weighted by Gasteiger charge is 2.26. The second-order valence-corrected chi connectivity index (χ2v) is 9.16. The van der Waals surface area contributed by atoms with Crippen molar-refractivity contribution in [3.05, 3.63) is 97.1 Å². The first-order chi connectivity index (χ1) is 15.3. The van der Waals surface area contributed by atoms with Crippen LogP contribution in [-0.4, -0.2) is 7.85 Å². The Morgan fingerprint density at radius 1 is 0.613 bits per heavy atom. The minimum atomic E-state index is 0.787. The van der Waals surface area contributed by atoms with E-state index in [0.717, 1.165) is 5.46 Å². The molecule has 7 rings (SSSR count). The Bertz CT molecular complexity index is 1660. The summed E-state index contributed by atoms with van der Waals surface area (Å²) in [5, 5.41) is 5.17. The van der Waals surface area contributed by atoms with Gasteiger partial charge in [0.05, 0.1) is 11.4 Å². The Morgan fingerprint density at radius 3 is 2.39 bits per heavy atom. The highest BCUT2D eigenvalue weighted by molar-refractivity contribution is 7.25. The zero-order valence-corrected chi connectivity index (χ0v) is 17.5. The average molecular weight is 409 g/mol. The summed E-state index contributed by atoms with van der Waals surface area (Å²) in [6.45, 7) is 0. The number of nitrogens with zero attached hydrogens (tertiary/aromatic N) is 1. The maximum Gasteiger partial charge on any atom is 0.113 e. The van der Waals surface area contributed by atoms with Crippen LogP contribution in [-0.2, 0) is 0 Å². The van der Waals surface area contributed by atoms with Gasteiger partial charge in [0.1, 0.15) is 7.85 Å². The van der Waals surface area contributed by atoms with Crippen molar-refractivity contribution in [2.75, 3.05) is 4.90 Å². The van der Waals surface area contributed by atoms with Crippen LogP contribution >= 0.6 is 11.3 Å². The Balaban J connectivity index is 1.56. The Kier molecular flexibility index (Phi) is 3.45. The number of fused-ring (bicyclic) bond motifs is 5. The summed E-state index contributed by atoms with van der Waals surface area (Å²) in [7, 11) is 6.21. The van der Waals surface area contributed by atoms with Gasteiger partial charge in [-0.2, -0.15) is 0 Å². The molecule has 0 fully saturated rings. The van der Waals surface area contributed by atoms with Crippen LogP contribution in [0.15, 0.2) is 97.1 Å². The first-order valence-electron chi connectivity index (χ1n) is 10.4. The number of benzene rings is 5. The third-order valence-corrected chi connectivity index (χ3v) is 7.43. The molecule has 3 heteroatoms. The summed E-state index contributed by atoms with van der Waals surface area (Å²) in [6.07, 6.45) is 0. The molecule has 1 aliphatic rings. The highest BCUT2D eigenvalue weighted by Crippen LogP contribution is 2.51. The summed E-state index contributed by atoms with van der Waals surface area (Å²) in [5.41, 5.74) is 6.77. The molecule has 1 aliphatic heterocycles. The molecule has 0 N–H and O–H groups in total. The molecule has 5 aromatic carbocycles. The second kappa shape index (κ2) is 6.22. The van der Waals surface area contributed by atoms with Crippen LogP contribution in [0.4, 0.5) is 17.1 Å². The number of anilines is 3. The first-order valence-corrected chi connectivity index (χ1v) is 11.2. The molecule has 6 aromatic rings. The van der Waals surface area contributed by atoms with E-state index in [-0.39, 0.29) is 0 Å². The first kappa shape index (κ1) is 17.2. The van der Waals surface area contributed by atoms with Gasteiger partial charge in [0.2, 0.25) is 0 Å². The fourth-order valence-electron chi connectivity index (χ4n) is 4.96. The van der Waals surface area contributed by atoms with Gasteiger partial charge in [0, 0.05) is 36.8 Å². The van der Waals surface area contributed by atoms with Gasteiger partial charge >= 0.3 is 0 Å². The van der Waals surface area contributed by atoms with Crippen molar-refractivity contribution in [1.82, 2.24) is 0 Å². The molecule has 2 heterocycles. The van der Waals surface area contributed by atoms with Crippen LogP contribution in [0.1, 0.15) is 0 Å². The molecular formula is C28H16BNS. The van der Waals surface area contributed by atoms with Crippen LogP contribution < -0.4 is 10.4 Å². The van der Waals surface area contributed by atoms with E-state index < -0.39 is 0 Å². The molecule has 0 unspecified atom stereocenters. The van der Waals surface area contributed by atoms with Crippen molar-refractivity contribution in [1.29, 1.82) is 0 Å². The maximum atomic E-state index is 6.21. The normalized spacial score (nSPS) is 12.6. The third kappa shape index (κ3) is 2.38. The maximum absolute atomic E-state index is 6.21. The monoisotopic (exact) mass is 409 g/mol. The Hall–Kier alpha value is -3.56. The minimum absolute atomic E-state index is 0.787. The van der Waals surface area contributed by atoms with Crippen molar-refractivity contribution in [3.8, 4) is 11.1 Å². The number of hydrogen-bond donors (Lipinski definition) is 0. The lowest BCUT2D eigenvalue weighted by Gasteiger charge is -2.33. The van der Waals surface area contributed by atoms with Crippen molar-refractivity contribution >= 4 is 72.7 Å². The molecule has 0 saturated carbocycles. The largest absolute Gasteiger partial charge is 0.309 e. The molecule has 31 heavy (non-hydrogen) atoms. The van der Waals surface area contributed by atoms with E-state index in [2.05, 4.69) is 95.9 Å². The van der Waals surface area contributed by atoms with E-state index in [0.29, 0.717) is 0 Å². The summed E-state index contributed by atoms with van der Waals surface area (Å²) in [4.78, 5) is 2.38. The Labute approximate surface area is 185 Å². The lowest BCUT2D eigenvalue weighted by Crippen LogP contribution is -2.16. The summed E-state index contributed by atoms with van der Waals surface area (Å²) in [5.74, 6) is 0. The van der Waals surface area contributed by atoms with E-state index in [4.69, 9.17) is 7.85 Å². The van der Waals surface area contributed by atoms with Crippen LogP contribution in [0.3, 0.4) is 0 Å². The van der Waals surface area contributed by atoms with Gasteiger partial charge in [-0.3, -0.25) is 0 Å². The van der Waals surface area contributed by atoms with E-state index in [1.165, 1.54) is 59.1 Å². The molecule has 0 amide bonds. The van der Waals surface area contributed by atoms with Gasteiger partial charge in [0.25, 0.3) is 0 Å². The van der Waals surface area contributed by atoms with Crippen molar-refractivity contribution < 1.29 is 0 Å². The fraction of sp³-hybridized carbons (Fsp3) is 0. The van der Waals surface area contributed by atoms with Crippen LogP contribution in [0.2, 0.25) is 0 Å². The number of rotatable bonds is 1. The average Bonchev–Trinajstić information content (AvgIpc) is 3.17. The van der Waals surface area contributed by atoms with Crippen molar-refractivity contribution in [3.63, 3.8) is 0 Å². The molecule has 1 aromatic heterocycles. The van der Waals surface area contributed by atoms with Crippen LogP contribution in [0.25, 0.3) is 42.1 Å². The zero-order valence-electron chi connectivity index (χ0n) is 16.7. The lowest BCUT2D eigenvalue weighted by molar-refractivity contribution is 1.29. The SMILES string of the molecule is [B]c1ccc2c(c1)-c1cccc3cccc(c13)N2c1ccc2c(c1)sc1ccccc12. The predicted octanol–water partition coefficient (Wildman–Crippen LogP) is 7.45. The molecule has 0 aliphatic carbocycles. The quantitative estimate of drug-likeness (QED) is 0.255. The number of thiophene rings is 1. The van der Waals surface area contributed by atoms with E-state index in [1.807, 2.05) is 17.4 Å². The second-order valence-electron chi connectivity index (χ2n) is 8.07. The highest BCUT2D eigenvalue weighted by atomic mass is 32.1. The summed E-state index contributed by atoms with van der Waals surface area (Å²) < 4.78 is 2.63. The topological polar surface area (TPSA) is 3.24 Å². The van der Waals surface area contributed by atoms with Gasteiger partial charge in [-0.25, -0.2) is 0 Å². The van der Waals surface area contributed by atoms with E-state index >= 15 is 0 Å². The minimum Gasteiger partial charge on any atom is -0.309 e. The number of hydrogen-bond acceptors (Lipinski definition) is 2. The van der Waals surface area contributed by atoms with E-state index in [1.54, 1.807) is 0 Å². The van der Waals surface area contributed by atoms with Gasteiger partial charge in [-0.1, -0.05) is 72.2 Å². The summed E-state index contributed by atoms with van der Waals surface area (Å²) in [6, 6.07) is 34.8. The van der Waals surface area contributed by atoms with Crippen LogP contribution in [0.5, 0.6) is 0 Å². The fourth-order valence-corrected chi connectivity index (χ4v) is 6.10. The molecule has 0 bridgehead atoms. The summed E-state index contributed by atoms with van der Waals surface area (Å²) >= 11 is 1.86. The van der Waals surface area contributed by atoms with Gasteiger partial charge in [0.15, 0.2) is 0 Å². The Morgan fingerprint density at radius 2 is 1.45 bits per heavy atom.